The second-order valence-corrected chi connectivity index (χ2v) is 6.69. The van der Waals surface area contributed by atoms with E-state index >= 15 is 0 Å². The second kappa shape index (κ2) is 5.71. The molecule has 4 nitrogen and oxygen atoms in total. The minimum atomic E-state index is -0.353. The third kappa shape index (κ3) is 3.42. The van der Waals surface area contributed by atoms with Crippen LogP contribution < -0.4 is 0 Å². The van der Waals surface area contributed by atoms with E-state index in [-0.39, 0.29) is 22.9 Å². The average molecular weight is 266 g/mol. The fraction of sp³-hybridized carbons (Fsp3) is 0.867. The zero-order valence-electron chi connectivity index (χ0n) is 12.4. The van der Waals surface area contributed by atoms with Crippen molar-refractivity contribution in [1.82, 2.24) is 9.80 Å². The lowest BCUT2D eigenvalue weighted by Gasteiger charge is -2.34. The summed E-state index contributed by atoms with van der Waals surface area (Å²) in [5.41, 5.74) is -0.0290. The maximum absolute atomic E-state index is 11.9. The van der Waals surface area contributed by atoms with Crippen molar-refractivity contribution in [3.63, 3.8) is 0 Å². The standard InChI is InChI=1S/C15H26N2O2/c1-12-13(18)9-15(10-14(12)19)5-8-17(11-15)7-4-6-16(2)3/h12H,4-11H2,1-3H3. The van der Waals surface area contributed by atoms with E-state index in [4.69, 9.17) is 0 Å². The van der Waals surface area contributed by atoms with Crippen molar-refractivity contribution < 1.29 is 9.59 Å². The number of ketones is 2. The van der Waals surface area contributed by atoms with Crippen LogP contribution in [0.5, 0.6) is 0 Å². The van der Waals surface area contributed by atoms with Crippen LogP contribution in [0.1, 0.15) is 32.6 Å². The molecule has 0 amide bonds. The summed E-state index contributed by atoms with van der Waals surface area (Å²) in [5.74, 6) is -0.0359. The summed E-state index contributed by atoms with van der Waals surface area (Å²) in [4.78, 5) is 28.5. The summed E-state index contributed by atoms with van der Waals surface area (Å²) in [5, 5.41) is 0. The van der Waals surface area contributed by atoms with Crippen LogP contribution >= 0.6 is 0 Å². The van der Waals surface area contributed by atoms with E-state index in [0.29, 0.717) is 12.8 Å². The molecule has 0 unspecified atom stereocenters. The van der Waals surface area contributed by atoms with Gasteiger partial charge in [0.15, 0.2) is 0 Å². The topological polar surface area (TPSA) is 40.6 Å². The molecule has 0 N–H and O–H groups in total. The third-order valence-electron chi connectivity index (χ3n) is 4.66. The van der Waals surface area contributed by atoms with Gasteiger partial charge in [0.05, 0.1) is 5.92 Å². The molecule has 2 fully saturated rings. The first-order chi connectivity index (χ1) is 8.92. The molecule has 1 saturated heterocycles. The molecule has 0 bridgehead atoms. The minimum absolute atomic E-state index is 0.0290. The molecule has 0 atom stereocenters. The lowest BCUT2D eigenvalue weighted by atomic mass is 9.69. The third-order valence-corrected chi connectivity index (χ3v) is 4.66. The summed E-state index contributed by atoms with van der Waals surface area (Å²) >= 11 is 0. The number of carbonyl (C=O) groups is 2. The highest BCUT2D eigenvalue weighted by molar-refractivity contribution is 6.04. The molecule has 1 aliphatic carbocycles. The summed E-state index contributed by atoms with van der Waals surface area (Å²) in [6.07, 6.45) is 3.40. The van der Waals surface area contributed by atoms with E-state index in [2.05, 4.69) is 23.9 Å². The Labute approximate surface area is 116 Å². The molecule has 108 valence electrons. The average Bonchev–Trinajstić information content (AvgIpc) is 2.69. The lowest BCUT2D eigenvalue weighted by molar-refractivity contribution is -0.139. The molecule has 1 saturated carbocycles. The van der Waals surface area contributed by atoms with Crippen molar-refractivity contribution in [2.75, 3.05) is 40.3 Å². The van der Waals surface area contributed by atoms with Gasteiger partial charge in [-0.15, -0.1) is 0 Å². The van der Waals surface area contributed by atoms with Crippen molar-refractivity contribution in [3.05, 3.63) is 0 Å². The maximum Gasteiger partial charge on any atom is 0.143 e. The number of likely N-dealkylation sites (tertiary alicyclic amines) is 1. The van der Waals surface area contributed by atoms with Crippen molar-refractivity contribution in [3.8, 4) is 0 Å². The monoisotopic (exact) mass is 266 g/mol. The Morgan fingerprint density at radius 1 is 1.26 bits per heavy atom. The van der Waals surface area contributed by atoms with Crippen molar-refractivity contribution in [1.29, 1.82) is 0 Å². The van der Waals surface area contributed by atoms with Gasteiger partial charge in [-0.25, -0.2) is 0 Å². The van der Waals surface area contributed by atoms with Crippen LogP contribution in [0.3, 0.4) is 0 Å². The highest BCUT2D eigenvalue weighted by Crippen LogP contribution is 2.42. The largest absolute Gasteiger partial charge is 0.309 e. The SMILES string of the molecule is CC1C(=O)CC2(CCN(CCCN(C)C)C2)CC1=O. The molecule has 0 aromatic heterocycles. The molecular formula is C15H26N2O2. The van der Waals surface area contributed by atoms with Gasteiger partial charge < -0.3 is 9.80 Å². The van der Waals surface area contributed by atoms with Gasteiger partial charge in [-0.2, -0.15) is 0 Å². The Morgan fingerprint density at radius 3 is 2.47 bits per heavy atom. The van der Waals surface area contributed by atoms with Gasteiger partial charge in [0.25, 0.3) is 0 Å². The maximum atomic E-state index is 11.9. The predicted molar refractivity (Wildman–Crippen MR) is 75.1 cm³/mol. The minimum Gasteiger partial charge on any atom is -0.309 e. The molecule has 0 aromatic carbocycles. The van der Waals surface area contributed by atoms with E-state index in [9.17, 15) is 9.59 Å². The Morgan fingerprint density at radius 2 is 1.89 bits per heavy atom. The van der Waals surface area contributed by atoms with Gasteiger partial charge in [0, 0.05) is 19.4 Å². The number of nitrogens with zero attached hydrogens (tertiary/aromatic N) is 2. The first-order valence-corrected chi connectivity index (χ1v) is 7.34. The van der Waals surface area contributed by atoms with Crippen molar-refractivity contribution in [2.45, 2.75) is 32.6 Å². The van der Waals surface area contributed by atoms with Crippen LogP contribution in [0.25, 0.3) is 0 Å². The summed E-state index contributed by atoms with van der Waals surface area (Å²) in [6, 6.07) is 0. The van der Waals surface area contributed by atoms with Crippen LogP contribution in [0, 0.1) is 11.3 Å². The van der Waals surface area contributed by atoms with Gasteiger partial charge in [-0.05, 0) is 58.9 Å². The molecule has 2 rings (SSSR count). The molecular weight excluding hydrogens is 240 g/mol. The van der Waals surface area contributed by atoms with Gasteiger partial charge >= 0.3 is 0 Å². The summed E-state index contributed by atoms with van der Waals surface area (Å²) in [6.45, 7) is 5.92. The molecule has 1 spiro atoms. The lowest BCUT2D eigenvalue weighted by Crippen LogP contribution is -2.41. The number of Topliss-reactive ketones (excluding diaryl/α,β-unsaturated/α-hetero) is 2. The zero-order valence-corrected chi connectivity index (χ0v) is 12.4. The fourth-order valence-electron chi connectivity index (χ4n) is 3.41. The van der Waals surface area contributed by atoms with Gasteiger partial charge in [0.1, 0.15) is 11.6 Å². The van der Waals surface area contributed by atoms with E-state index in [1.54, 1.807) is 6.92 Å². The van der Waals surface area contributed by atoms with Crippen LogP contribution in [-0.2, 0) is 9.59 Å². The predicted octanol–water partition coefficient (Wildman–Crippen LogP) is 1.20. The Bertz CT molecular complexity index is 347. The number of hydrogen-bond donors (Lipinski definition) is 0. The van der Waals surface area contributed by atoms with Gasteiger partial charge in [-0.3, -0.25) is 9.59 Å². The molecule has 0 aromatic rings. The Kier molecular flexibility index (Phi) is 4.41. The van der Waals surface area contributed by atoms with Crippen LogP contribution in [0.4, 0.5) is 0 Å². The normalized spacial score (nSPS) is 32.7. The summed E-state index contributed by atoms with van der Waals surface area (Å²) in [7, 11) is 4.18. The molecule has 19 heavy (non-hydrogen) atoms. The number of rotatable bonds is 4. The highest BCUT2D eigenvalue weighted by atomic mass is 16.2. The molecule has 1 heterocycles. The molecule has 1 aliphatic heterocycles. The molecule has 4 heteroatoms. The number of hydrogen-bond acceptors (Lipinski definition) is 4. The zero-order chi connectivity index (χ0) is 14.0. The highest BCUT2D eigenvalue weighted by Gasteiger charge is 2.46. The fourth-order valence-corrected chi connectivity index (χ4v) is 3.41. The number of carbonyl (C=O) groups excluding carboxylic acids is 2. The molecule has 0 radical (unpaired) electrons. The second-order valence-electron chi connectivity index (χ2n) is 6.69. The van der Waals surface area contributed by atoms with E-state index in [0.717, 1.165) is 39.0 Å². The van der Waals surface area contributed by atoms with Crippen LogP contribution in [0.2, 0.25) is 0 Å². The van der Waals surface area contributed by atoms with Gasteiger partial charge in [-0.1, -0.05) is 0 Å². The Hall–Kier alpha value is -0.740. The molecule has 2 aliphatic rings. The van der Waals surface area contributed by atoms with E-state index in [1.165, 1.54) is 0 Å². The van der Waals surface area contributed by atoms with Crippen molar-refractivity contribution >= 4 is 11.6 Å². The summed E-state index contributed by atoms with van der Waals surface area (Å²) < 4.78 is 0. The Balaban J connectivity index is 1.87. The van der Waals surface area contributed by atoms with E-state index in [1.807, 2.05) is 0 Å². The van der Waals surface area contributed by atoms with E-state index < -0.39 is 0 Å². The van der Waals surface area contributed by atoms with Gasteiger partial charge in [0.2, 0.25) is 0 Å². The first kappa shape index (κ1) is 14.7. The first-order valence-electron chi connectivity index (χ1n) is 7.34. The van der Waals surface area contributed by atoms with Crippen LogP contribution in [0.15, 0.2) is 0 Å². The van der Waals surface area contributed by atoms with Crippen LogP contribution in [-0.4, -0.2) is 61.6 Å². The smallest absolute Gasteiger partial charge is 0.143 e. The van der Waals surface area contributed by atoms with Crippen molar-refractivity contribution in [2.24, 2.45) is 11.3 Å². The quantitative estimate of drug-likeness (QED) is 0.717.